The number of hydrogen-bond acceptors (Lipinski definition) is 3. The van der Waals surface area contributed by atoms with Gasteiger partial charge in [0.05, 0.1) is 0 Å². The van der Waals surface area contributed by atoms with Crippen molar-refractivity contribution in [1.29, 1.82) is 0 Å². The van der Waals surface area contributed by atoms with Gasteiger partial charge in [-0.2, -0.15) is 0 Å². The molecule has 0 saturated carbocycles. The standard InChI is InChI=1S/C5H13N3/c6-4-2-1-3-5-8-7/h3,5,8H,1-2,4,6-7H2/b5-3+. The van der Waals surface area contributed by atoms with Crippen LogP contribution in [-0.2, 0) is 0 Å². The van der Waals surface area contributed by atoms with E-state index in [4.69, 9.17) is 11.6 Å². The highest BCUT2D eigenvalue weighted by Gasteiger charge is 1.74. The van der Waals surface area contributed by atoms with Crippen molar-refractivity contribution in [3.8, 4) is 0 Å². The summed E-state index contributed by atoms with van der Waals surface area (Å²) in [7, 11) is 0. The third-order valence-electron chi connectivity index (χ3n) is 0.789. The van der Waals surface area contributed by atoms with Crippen LogP contribution in [-0.4, -0.2) is 6.54 Å². The Labute approximate surface area is 49.7 Å². The van der Waals surface area contributed by atoms with Crippen LogP contribution in [0.1, 0.15) is 12.8 Å². The first kappa shape index (κ1) is 7.46. The Bertz CT molecular complexity index is 60.7. The Morgan fingerprint density at radius 2 is 2.25 bits per heavy atom. The summed E-state index contributed by atoms with van der Waals surface area (Å²) in [4.78, 5) is 0. The predicted molar refractivity (Wildman–Crippen MR) is 34.8 cm³/mol. The van der Waals surface area contributed by atoms with Crippen molar-refractivity contribution >= 4 is 0 Å². The molecular formula is C5H13N3. The van der Waals surface area contributed by atoms with Gasteiger partial charge >= 0.3 is 0 Å². The van der Waals surface area contributed by atoms with Crippen LogP contribution in [0.25, 0.3) is 0 Å². The average Bonchev–Trinajstić information content (AvgIpc) is 1.81. The summed E-state index contributed by atoms with van der Waals surface area (Å²) in [5.74, 6) is 4.94. The molecule has 0 aromatic heterocycles. The first-order chi connectivity index (χ1) is 3.91. The van der Waals surface area contributed by atoms with Gasteiger partial charge in [-0.25, -0.2) is 0 Å². The van der Waals surface area contributed by atoms with Crippen molar-refractivity contribution in [2.24, 2.45) is 11.6 Å². The van der Waals surface area contributed by atoms with E-state index in [-0.39, 0.29) is 0 Å². The van der Waals surface area contributed by atoms with E-state index in [0.29, 0.717) is 0 Å². The molecule has 48 valence electrons. The first-order valence-corrected chi connectivity index (χ1v) is 2.73. The van der Waals surface area contributed by atoms with Gasteiger partial charge in [0, 0.05) is 6.20 Å². The zero-order chi connectivity index (χ0) is 6.24. The second kappa shape index (κ2) is 6.46. The molecule has 0 aliphatic heterocycles. The van der Waals surface area contributed by atoms with Crippen LogP contribution in [0.4, 0.5) is 0 Å². The van der Waals surface area contributed by atoms with Crippen LogP contribution in [0, 0.1) is 0 Å². The second-order valence-electron chi connectivity index (χ2n) is 1.50. The lowest BCUT2D eigenvalue weighted by atomic mass is 10.3. The SMILES string of the molecule is NCCC/C=C/NN. The number of nitrogens with one attached hydrogen (secondary N) is 1. The molecule has 0 spiro atoms. The zero-order valence-corrected chi connectivity index (χ0v) is 4.93. The van der Waals surface area contributed by atoms with Gasteiger partial charge in [-0.15, -0.1) is 0 Å². The Morgan fingerprint density at radius 1 is 1.50 bits per heavy atom. The monoisotopic (exact) mass is 115 g/mol. The van der Waals surface area contributed by atoms with Crippen LogP contribution >= 0.6 is 0 Å². The Kier molecular flexibility index (Phi) is 6.02. The Morgan fingerprint density at radius 3 is 2.75 bits per heavy atom. The van der Waals surface area contributed by atoms with Crippen LogP contribution in [0.2, 0.25) is 0 Å². The maximum atomic E-state index is 5.23. The average molecular weight is 115 g/mol. The number of nitrogens with two attached hydrogens (primary N) is 2. The van der Waals surface area contributed by atoms with E-state index in [1.165, 1.54) is 0 Å². The highest BCUT2D eigenvalue weighted by atomic mass is 15.2. The van der Waals surface area contributed by atoms with E-state index in [2.05, 4.69) is 5.43 Å². The van der Waals surface area contributed by atoms with Gasteiger partial charge in [0.2, 0.25) is 0 Å². The Hall–Kier alpha value is -0.540. The second-order valence-corrected chi connectivity index (χ2v) is 1.50. The zero-order valence-electron chi connectivity index (χ0n) is 4.93. The van der Waals surface area contributed by atoms with E-state index in [0.717, 1.165) is 19.4 Å². The van der Waals surface area contributed by atoms with E-state index >= 15 is 0 Å². The Balaban J connectivity index is 2.80. The highest BCUT2D eigenvalue weighted by molar-refractivity contribution is 4.76. The third kappa shape index (κ3) is 5.46. The lowest BCUT2D eigenvalue weighted by Gasteiger charge is -1.87. The van der Waals surface area contributed by atoms with E-state index in [1.807, 2.05) is 6.08 Å². The van der Waals surface area contributed by atoms with Crippen molar-refractivity contribution in [2.45, 2.75) is 12.8 Å². The molecule has 0 rings (SSSR count). The van der Waals surface area contributed by atoms with Crippen molar-refractivity contribution in [3.63, 3.8) is 0 Å². The van der Waals surface area contributed by atoms with Crippen LogP contribution in [0.15, 0.2) is 12.3 Å². The quantitative estimate of drug-likeness (QED) is 0.268. The van der Waals surface area contributed by atoms with Gasteiger partial charge in [0.1, 0.15) is 0 Å². The van der Waals surface area contributed by atoms with Crippen LogP contribution < -0.4 is 17.0 Å². The fraction of sp³-hybridized carbons (Fsp3) is 0.600. The van der Waals surface area contributed by atoms with E-state index < -0.39 is 0 Å². The molecule has 3 heteroatoms. The summed E-state index contributed by atoms with van der Waals surface area (Å²) in [5, 5.41) is 0. The molecule has 0 amide bonds. The van der Waals surface area contributed by atoms with E-state index in [9.17, 15) is 0 Å². The van der Waals surface area contributed by atoms with Gasteiger partial charge in [-0.3, -0.25) is 5.84 Å². The fourth-order valence-electron chi connectivity index (χ4n) is 0.387. The van der Waals surface area contributed by atoms with Crippen molar-refractivity contribution in [1.82, 2.24) is 5.43 Å². The third-order valence-corrected chi connectivity index (χ3v) is 0.789. The fourth-order valence-corrected chi connectivity index (χ4v) is 0.387. The summed E-state index contributed by atoms with van der Waals surface area (Å²) in [5.41, 5.74) is 7.63. The normalized spacial score (nSPS) is 10.2. The predicted octanol–water partition coefficient (Wildman–Crippen LogP) is -0.298. The molecular weight excluding hydrogens is 102 g/mol. The molecule has 3 nitrogen and oxygen atoms in total. The summed E-state index contributed by atoms with van der Waals surface area (Å²) < 4.78 is 0. The molecule has 0 aromatic rings. The highest BCUT2D eigenvalue weighted by Crippen LogP contribution is 1.84. The number of unbranched alkanes of at least 4 members (excludes halogenated alkanes) is 1. The first-order valence-electron chi connectivity index (χ1n) is 2.73. The lowest BCUT2D eigenvalue weighted by Crippen LogP contribution is -2.12. The topological polar surface area (TPSA) is 64.1 Å². The molecule has 0 aromatic carbocycles. The molecule has 0 aliphatic carbocycles. The van der Waals surface area contributed by atoms with Crippen LogP contribution in [0.5, 0.6) is 0 Å². The molecule has 0 aliphatic rings. The molecule has 0 saturated heterocycles. The van der Waals surface area contributed by atoms with Crippen LogP contribution in [0.3, 0.4) is 0 Å². The molecule has 0 fully saturated rings. The van der Waals surface area contributed by atoms with Crippen molar-refractivity contribution in [3.05, 3.63) is 12.3 Å². The number of rotatable bonds is 4. The smallest absolute Gasteiger partial charge is 0.00826 e. The molecule has 0 radical (unpaired) electrons. The minimum Gasteiger partial charge on any atom is -0.332 e. The summed E-state index contributed by atoms with van der Waals surface area (Å²) >= 11 is 0. The van der Waals surface area contributed by atoms with Gasteiger partial charge in [0.15, 0.2) is 0 Å². The molecule has 0 bridgehead atoms. The minimum absolute atomic E-state index is 0.745. The molecule has 5 N–H and O–H groups in total. The van der Waals surface area contributed by atoms with Gasteiger partial charge in [-0.1, -0.05) is 6.08 Å². The molecule has 0 unspecified atom stereocenters. The largest absolute Gasteiger partial charge is 0.332 e. The van der Waals surface area contributed by atoms with Crippen molar-refractivity contribution in [2.75, 3.05) is 6.54 Å². The van der Waals surface area contributed by atoms with E-state index in [1.54, 1.807) is 6.20 Å². The number of hydrazine groups is 1. The molecule has 8 heavy (non-hydrogen) atoms. The number of allylic oxidation sites excluding steroid dienone is 1. The van der Waals surface area contributed by atoms with Crippen molar-refractivity contribution < 1.29 is 0 Å². The minimum atomic E-state index is 0.745. The van der Waals surface area contributed by atoms with Gasteiger partial charge < -0.3 is 11.2 Å². The summed E-state index contributed by atoms with van der Waals surface area (Å²) in [6.45, 7) is 0.745. The van der Waals surface area contributed by atoms with Gasteiger partial charge in [0.25, 0.3) is 0 Å². The summed E-state index contributed by atoms with van der Waals surface area (Å²) in [6, 6.07) is 0. The maximum Gasteiger partial charge on any atom is 0.00826 e. The number of hydrogen-bond donors (Lipinski definition) is 3. The van der Waals surface area contributed by atoms with Gasteiger partial charge in [-0.05, 0) is 19.4 Å². The lowest BCUT2D eigenvalue weighted by molar-refractivity contribution is 0.844. The molecule has 0 heterocycles. The molecule has 0 atom stereocenters. The maximum absolute atomic E-state index is 5.23. The summed E-state index contributed by atoms with van der Waals surface area (Å²) in [6.07, 6.45) is 5.68.